The lowest BCUT2D eigenvalue weighted by molar-refractivity contribution is -0.219. The summed E-state index contributed by atoms with van der Waals surface area (Å²) in [6.45, 7) is 4.80. The van der Waals surface area contributed by atoms with Crippen LogP contribution in [-0.4, -0.2) is 41.4 Å². The summed E-state index contributed by atoms with van der Waals surface area (Å²) in [7, 11) is -4.00. The topological polar surface area (TPSA) is 103 Å². The van der Waals surface area contributed by atoms with Gasteiger partial charge in [-0.1, -0.05) is 105 Å². The maximum atomic E-state index is 12.6. The number of rotatable bonds is 21. The molecule has 0 spiro atoms. The van der Waals surface area contributed by atoms with Gasteiger partial charge in [-0.25, -0.2) is 9.65 Å². The largest absolute Gasteiger partial charge is 0.862 e. The first-order valence-electron chi connectivity index (χ1n) is 12.6. The van der Waals surface area contributed by atoms with Crippen LogP contribution in [0.3, 0.4) is 0 Å². The van der Waals surface area contributed by atoms with Crippen molar-refractivity contribution < 1.29 is 23.8 Å². The molecule has 3 atom stereocenters. The van der Waals surface area contributed by atoms with Crippen LogP contribution in [0.15, 0.2) is 35.3 Å². The number of benzene rings is 1. The fourth-order valence-electron chi connectivity index (χ4n) is 3.56. The molecule has 34 heavy (non-hydrogen) atoms. The molecule has 0 heterocycles. The van der Waals surface area contributed by atoms with Crippen molar-refractivity contribution in [2.45, 2.75) is 96.8 Å². The molecule has 7 nitrogen and oxygen atoms in total. The molecular weight excluding hydrogens is 519 g/mol. The van der Waals surface area contributed by atoms with Crippen molar-refractivity contribution in [2.75, 3.05) is 18.5 Å². The highest BCUT2D eigenvalue weighted by Gasteiger charge is 2.26. The van der Waals surface area contributed by atoms with E-state index >= 15 is 0 Å². The molecule has 0 saturated heterocycles. The summed E-state index contributed by atoms with van der Waals surface area (Å²) in [4.78, 5) is 14.5. The first-order chi connectivity index (χ1) is 16.4. The average Bonchev–Trinajstić information content (AvgIpc) is 2.83. The molecule has 1 unspecified atom stereocenters. The Morgan fingerprint density at radius 3 is 2.47 bits per heavy atom. The van der Waals surface area contributed by atoms with E-state index in [0.717, 1.165) is 50.5 Å². The zero-order chi connectivity index (χ0) is 25.1. The zero-order valence-corrected chi connectivity index (χ0v) is 23.3. The summed E-state index contributed by atoms with van der Waals surface area (Å²) in [5.74, 6) is -0.186. The highest BCUT2D eigenvalue weighted by atomic mass is 79.9. The number of hydrogen-bond donors (Lipinski definition) is 2. The minimum Gasteiger partial charge on any atom is -0.862 e. The molecule has 0 aromatic heterocycles. The fourth-order valence-corrected chi connectivity index (χ4v) is 4.82. The lowest BCUT2D eigenvalue weighted by atomic mass is 10.0. The Bertz CT molecular complexity index is 708. The van der Waals surface area contributed by atoms with Crippen LogP contribution in [0.5, 0.6) is 0 Å². The summed E-state index contributed by atoms with van der Waals surface area (Å²) in [5, 5.41) is 15.6. The Hall–Kier alpha value is -0.760. The highest BCUT2D eigenvalue weighted by Crippen LogP contribution is 2.36. The second kappa shape index (κ2) is 19.4. The Balaban J connectivity index is 2.96. The van der Waals surface area contributed by atoms with E-state index in [-0.39, 0.29) is 25.2 Å². The molecule has 0 aliphatic carbocycles. The Kier molecular flexibility index (Phi) is 17.9. The van der Waals surface area contributed by atoms with E-state index < -0.39 is 13.8 Å². The van der Waals surface area contributed by atoms with Crippen LogP contribution in [0.4, 0.5) is 0 Å². The third-order valence-electron chi connectivity index (χ3n) is 5.48. The smallest absolute Gasteiger partial charge is 0.403 e. The number of nitrogens with zero attached hydrogens (tertiary/aromatic N) is 1. The van der Waals surface area contributed by atoms with E-state index in [1.165, 1.54) is 12.8 Å². The normalized spacial score (nSPS) is 15.7. The molecule has 2 N–H and O–H groups in total. The van der Waals surface area contributed by atoms with Crippen molar-refractivity contribution >= 4 is 29.6 Å². The molecule has 0 saturated carbocycles. The molecule has 0 bridgehead atoms. The zero-order valence-electron chi connectivity index (χ0n) is 20.8. The van der Waals surface area contributed by atoms with Gasteiger partial charge in [-0.3, -0.25) is 9.52 Å². The molecule has 9 heteroatoms. The summed E-state index contributed by atoms with van der Waals surface area (Å²) in [6.07, 6.45) is 9.10. The van der Waals surface area contributed by atoms with Gasteiger partial charge in [0.1, 0.15) is 0 Å². The van der Waals surface area contributed by atoms with Crippen molar-refractivity contribution in [1.82, 2.24) is 5.09 Å². The summed E-state index contributed by atoms with van der Waals surface area (Å²) >= 11 is 3.19. The first-order valence-corrected chi connectivity index (χ1v) is 15.3. The molecule has 1 rings (SSSR count). The number of unbranched alkanes of at least 4 members (excludes halogenated alkanes) is 6. The second-order valence-corrected chi connectivity index (χ2v) is 10.9. The van der Waals surface area contributed by atoms with Crippen LogP contribution in [0.2, 0.25) is 0 Å². The summed E-state index contributed by atoms with van der Waals surface area (Å²) in [6, 6.07) is 9.29. The monoisotopic (exact) mass is 561 g/mol. The van der Waals surface area contributed by atoms with E-state index in [1.807, 2.05) is 30.3 Å². The molecule has 0 aliphatic rings. The third-order valence-corrected chi connectivity index (χ3v) is 6.91. The molecule has 1 aromatic rings. The summed E-state index contributed by atoms with van der Waals surface area (Å²) in [5.41, 5.74) is 1.04. The van der Waals surface area contributed by atoms with Crippen LogP contribution >= 0.6 is 23.7 Å². The number of halogens is 1. The third kappa shape index (κ3) is 15.3. The maximum absolute atomic E-state index is 12.6. The number of ether oxygens (including phenoxy) is 1. The molecule has 0 fully saturated rings. The Labute approximate surface area is 214 Å². The van der Waals surface area contributed by atoms with Gasteiger partial charge in [-0.2, -0.15) is 0 Å². The maximum Gasteiger partial charge on any atom is 0.403 e. The van der Waals surface area contributed by atoms with E-state index in [9.17, 15) is 14.6 Å². The molecule has 0 aliphatic heterocycles. The van der Waals surface area contributed by atoms with Gasteiger partial charge >= 0.3 is 7.75 Å². The standard InChI is InChI=1S/C25H44BrN2O5P/c1-3-5-7-8-13-16-24(32-21-22-14-11-9-12-15-22)23(28-25(29)17-10-6-4-2)20-27-34(30,31)33-19-18-26/h9,11-12,14-15,23-24H,3-8,10,13,16-21H2,1-2H3,(H,28,29)(H2,27,30,31)/p-1/t23-,24+/m0/s1. The van der Waals surface area contributed by atoms with Crippen molar-refractivity contribution in [3.05, 3.63) is 35.9 Å². The van der Waals surface area contributed by atoms with E-state index in [2.05, 4.69) is 39.9 Å². The number of hydrogen-bond acceptors (Lipinski definition) is 5. The van der Waals surface area contributed by atoms with Gasteiger partial charge < -0.3 is 14.7 Å². The van der Waals surface area contributed by atoms with E-state index in [1.54, 1.807) is 0 Å². The van der Waals surface area contributed by atoms with Crippen LogP contribution < -0.4 is 10.2 Å². The predicted molar refractivity (Wildman–Crippen MR) is 141 cm³/mol. The van der Waals surface area contributed by atoms with Crippen molar-refractivity contribution in [2.24, 2.45) is 4.99 Å². The predicted octanol–water partition coefficient (Wildman–Crippen LogP) is 5.74. The first kappa shape index (κ1) is 31.3. The Morgan fingerprint density at radius 1 is 1.12 bits per heavy atom. The van der Waals surface area contributed by atoms with Gasteiger partial charge in [0.05, 0.1) is 25.4 Å². The quantitative estimate of drug-likeness (QED) is 0.0651. The van der Waals surface area contributed by atoms with E-state index in [4.69, 9.17) is 9.26 Å². The molecular formula is C25H43BrN2O5P-. The van der Waals surface area contributed by atoms with Crippen LogP contribution in [0.1, 0.15) is 83.6 Å². The van der Waals surface area contributed by atoms with Gasteiger partial charge in [0.15, 0.2) is 0 Å². The minimum absolute atomic E-state index is 0.0317. The van der Waals surface area contributed by atoms with Crippen molar-refractivity contribution in [1.29, 1.82) is 0 Å². The van der Waals surface area contributed by atoms with Gasteiger partial charge in [0, 0.05) is 11.9 Å². The highest BCUT2D eigenvalue weighted by molar-refractivity contribution is 9.09. The van der Waals surface area contributed by atoms with Crippen LogP contribution in [0, 0.1) is 0 Å². The number of alkyl halides is 1. The van der Waals surface area contributed by atoms with Crippen LogP contribution in [0.25, 0.3) is 0 Å². The average molecular weight is 563 g/mol. The number of aliphatic imine (C=N–C) groups is 1. The molecule has 1 aromatic carbocycles. The minimum atomic E-state index is -4.00. The second-order valence-electron chi connectivity index (χ2n) is 8.49. The Morgan fingerprint density at radius 2 is 1.79 bits per heavy atom. The van der Waals surface area contributed by atoms with Gasteiger partial charge in [-0.05, 0) is 30.7 Å². The van der Waals surface area contributed by atoms with Crippen LogP contribution in [-0.2, 0) is 20.4 Å². The van der Waals surface area contributed by atoms with Gasteiger partial charge in [0.25, 0.3) is 0 Å². The van der Waals surface area contributed by atoms with Gasteiger partial charge in [0.2, 0.25) is 0 Å². The van der Waals surface area contributed by atoms with E-state index in [0.29, 0.717) is 18.4 Å². The lowest BCUT2D eigenvalue weighted by Gasteiger charge is -2.28. The van der Waals surface area contributed by atoms with Crippen molar-refractivity contribution in [3.8, 4) is 0 Å². The molecule has 196 valence electrons. The summed E-state index contributed by atoms with van der Waals surface area (Å²) < 4.78 is 23.6. The van der Waals surface area contributed by atoms with Gasteiger partial charge in [-0.15, -0.1) is 0 Å². The lowest BCUT2D eigenvalue weighted by Crippen LogP contribution is -2.38. The SMILES string of the molecule is CCCCCCC[C@@H](OCc1ccccc1)[C@H](CNP(=O)(O)OCCBr)N=C([O-])CCCCC. The van der Waals surface area contributed by atoms with Crippen molar-refractivity contribution in [3.63, 3.8) is 0 Å². The molecule has 0 radical (unpaired) electrons. The fraction of sp³-hybridized carbons (Fsp3) is 0.720. The molecule has 0 amide bonds. The number of nitrogens with one attached hydrogen (secondary N) is 1.